The van der Waals surface area contributed by atoms with Gasteiger partial charge in [-0.05, 0) is 19.1 Å². The molecule has 0 radical (unpaired) electrons. The molecule has 1 saturated heterocycles. The van der Waals surface area contributed by atoms with Gasteiger partial charge in [-0.25, -0.2) is 0 Å². The predicted molar refractivity (Wildman–Crippen MR) is 61.2 cm³/mol. The lowest BCUT2D eigenvalue weighted by Gasteiger charge is -2.12. The van der Waals surface area contributed by atoms with E-state index in [2.05, 4.69) is 5.32 Å². The van der Waals surface area contributed by atoms with Gasteiger partial charge < -0.3 is 9.73 Å². The third-order valence-corrected chi connectivity index (χ3v) is 2.90. The van der Waals surface area contributed by atoms with Crippen LogP contribution in [0, 0.1) is 0 Å². The minimum Gasteiger partial charge on any atom is -0.469 e. The second-order valence-corrected chi connectivity index (χ2v) is 4.02. The molecule has 1 unspecified atom stereocenters. The number of hydrogen-bond donors (Lipinski definition) is 1. The second kappa shape index (κ2) is 5.14. The molecule has 0 aliphatic carbocycles. The van der Waals surface area contributed by atoms with E-state index in [0.29, 0.717) is 13.1 Å². The Labute approximate surface area is 99.8 Å². The van der Waals surface area contributed by atoms with Crippen LogP contribution in [0.5, 0.6) is 0 Å². The Kier molecular flexibility index (Phi) is 3.58. The van der Waals surface area contributed by atoms with E-state index in [1.807, 2.05) is 12.1 Å². The van der Waals surface area contributed by atoms with Crippen LogP contribution < -0.4 is 5.32 Å². The van der Waals surface area contributed by atoms with Crippen molar-refractivity contribution in [1.82, 2.24) is 10.2 Å². The lowest BCUT2D eigenvalue weighted by Crippen LogP contribution is -2.39. The van der Waals surface area contributed by atoms with E-state index in [-0.39, 0.29) is 24.3 Å². The molecular weight excluding hydrogens is 220 g/mol. The molecule has 1 atom stereocenters. The topological polar surface area (TPSA) is 62.6 Å². The van der Waals surface area contributed by atoms with Gasteiger partial charge in [0.25, 0.3) is 0 Å². The largest absolute Gasteiger partial charge is 0.469 e. The quantitative estimate of drug-likeness (QED) is 0.759. The van der Waals surface area contributed by atoms with E-state index in [1.54, 1.807) is 13.2 Å². The molecule has 1 aromatic rings. The molecule has 0 bridgehead atoms. The van der Waals surface area contributed by atoms with Gasteiger partial charge in [-0.2, -0.15) is 0 Å². The SMILES string of the molecule is CCN1C(=O)CC(NCCc2ccco2)C1=O. The highest BCUT2D eigenvalue weighted by Crippen LogP contribution is 2.12. The molecule has 0 aromatic carbocycles. The number of nitrogens with zero attached hydrogens (tertiary/aromatic N) is 1. The van der Waals surface area contributed by atoms with Crippen molar-refractivity contribution in [2.24, 2.45) is 0 Å². The van der Waals surface area contributed by atoms with Crippen LogP contribution in [-0.2, 0) is 16.0 Å². The van der Waals surface area contributed by atoms with Crippen molar-refractivity contribution < 1.29 is 14.0 Å². The van der Waals surface area contributed by atoms with Gasteiger partial charge in [-0.3, -0.25) is 14.5 Å². The molecule has 5 heteroatoms. The van der Waals surface area contributed by atoms with E-state index in [0.717, 1.165) is 12.2 Å². The molecule has 1 aliphatic heterocycles. The highest BCUT2D eigenvalue weighted by Gasteiger charge is 2.36. The van der Waals surface area contributed by atoms with Crippen molar-refractivity contribution >= 4 is 11.8 Å². The average Bonchev–Trinajstić information content (AvgIpc) is 2.89. The van der Waals surface area contributed by atoms with Crippen LogP contribution in [0.3, 0.4) is 0 Å². The lowest BCUT2D eigenvalue weighted by atomic mass is 10.2. The molecule has 5 nitrogen and oxygen atoms in total. The molecule has 2 amide bonds. The lowest BCUT2D eigenvalue weighted by molar-refractivity contribution is -0.138. The Morgan fingerprint density at radius 1 is 1.53 bits per heavy atom. The minimum absolute atomic E-state index is 0.0898. The summed E-state index contributed by atoms with van der Waals surface area (Å²) in [6, 6.07) is 3.36. The first-order valence-corrected chi connectivity index (χ1v) is 5.82. The molecule has 92 valence electrons. The van der Waals surface area contributed by atoms with Crippen molar-refractivity contribution in [3.8, 4) is 0 Å². The summed E-state index contributed by atoms with van der Waals surface area (Å²) < 4.78 is 5.19. The summed E-state index contributed by atoms with van der Waals surface area (Å²) in [6.45, 7) is 2.89. The molecule has 2 rings (SSSR count). The number of likely N-dealkylation sites (N-methyl/N-ethyl adjacent to an activating group) is 1. The van der Waals surface area contributed by atoms with Gasteiger partial charge in [-0.1, -0.05) is 0 Å². The molecule has 0 saturated carbocycles. The predicted octanol–water partition coefficient (Wildman–Crippen LogP) is 0.559. The fourth-order valence-electron chi connectivity index (χ4n) is 2.00. The van der Waals surface area contributed by atoms with Crippen LogP contribution in [0.4, 0.5) is 0 Å². The summed E-state index contributed by atoms with van der Waals surface area (Å²) >= 11 is 0. The maximum absolute atomic E-state index is 11.8. The summed E-state index contributed by atoms with van der Waals surface area (Å²) in [5, 5.41) is 3.09. The monoisotopic (exact) mass is 236 g/mol. The van der Waals surface area contributed by atoms with Crippen LogP contribution in [0.15, 0.2) is 22.8 Å². The molecule has 1 aliphatic rings. The van der Waals surface area contributed by atoms with Gasteiger partial charge in [0.05, 0.1) is 18.7 Å². The number of carbonyl (C=O) groups is 2. The first-order valence-electron chi connectivity index (χ1n) is 5.82. The van der Waals surface area contributed by atoms with Gasteiger partial charge in [0.1, 0.15) is 5.76 Å². The first kappa shape index (κ1) is 11.9. The average molecular weight is 236 g/mol. The molecule has 1 N–H and O–H groups in total. The molecule has 2 heterocycles. The highest BCUT2D eigenvalue weighted by atomic mass is 16.3. The molecule has 0 spiro atoms. The first-order chi connectivity index (χ1) is 8.22. The van der Waals surface area contributed by atoms with E-state index < -0.39 is 0 Å². The summed E-state index contributed by atoms with van der Waals surface area (Å²) in [5.41, 5.74) is 0. The van der Waals surface area contributed by atoms with Crippen LogP contribution in [0.1, 0.15) is 19.1 Å². The van der Waals surface area contributed by atoms with Crippen molar-refractivity contribution in [3.05, 3.63) is 24.2 Å². The van der Waals surface area contributed by atoms with Crippen molar-refractivity contribution in [2.45, 2.75) is 25.8 Å². The van der Waals surface area contributed by atoms with E-state index in [4.69, 9.17) is 4.42 Å². The number of carbonyl (C=O) groups excluding carboxylic acids is 2. The zero-order valence-electron chi connectivity index (χ0n) is 9.81. The number of hydrogen-bond acceptors (Lipinski definition) is 4. The maximum Gasteiger partial charge on any atom is 0.246 e. The number of furan rings is 1. The van der Waals surface area contributed by atoms with Crippen LogP contribution in [0.2, 0.25) is 0 Å². The molecule has 1 aromatic heterocycles. The van der Waals surface area contributed by atoms with Crippen LogP contribution in [0.25, 0.3) is 0 Å². The Morgan fingerprint density at radius 2 is 2.35 bits per heavy atom. The van der Waals surface area contributed by atoms with Gasteiger partial charge in [0.15, 0.2) is 0 Å². The van der Waals surface area contributed by atoms with E-state index in [1.165, 1.54) is 4.90 Å². The number of likely N-dealkylation sites (tertiary alicyclic amines) is 1. The smallest absolute Gasteiger partial charge is 0.246 e. The number of amides is 2. The maximum atomic E-state index is 11.8. The van der Waals surface area contributed by atoms with Gasteiger partial charge in [0, 0.05) is 19.5 Å². The third kappa shape index (κ3) is 2.55. The Balaban J connectivity index is 1.80. The fourth-order valence-corrected chi connectivity index (χ4v) is 2.00. The van der Waals surface area contributed by atoms with E-state index in [9.17, 15) is 9.59 Å². The third-order valence-electron chi connectivity index (χ3n) is 2.90. The number of rotatable bonds is 5. The number of nitrogens with one attached hydrogen (secondary N) is 1. The molecular formula is C12H16N2O3. The Bertz CT molecular complexity index is 400. The second-order valence-electron chi connectivity index (χ2n) is 4.02. The fraction of sp³-hybridized carbons (Fsp3) is 0.500. The Morgan fingerprint density at radius 3 is 2.94 bits per heavy atom. The molecule has 17 heavy (non-hydrogen) atoms. The van der Waals surface area contributed by atoms with Crippen molar-refractivity contribution in [1.29, 1.82) is 0 Å². The standard InChI is InChI=1S/C12H16N2O3/c1-2-14-11(15)8-10(12(14)16)13-6-5-9-4-3-7-17-9/h3-4,7,10,13H,2,5-6,8H2,1H3. The number of imide groups is 1. The summed E-state index contributed by atoms with van der Waals surface area (Å²) in [5.74, 6) is 0.673. The van der Waals surface area contributed by atoms with E-state index >= 15 is 0 Å². The van der Waals surface area contributed by atoms with Crippen LogP contribution >= 0.6 is 0 Å². The van der Waals surface area contributed by atoms with Gasteiger partial charge >= 0.3 is 0 Å². The van der Waals surface area contributed by atoms with Crippen LogP contribution in [-0.4, -0.2) is 35.8 Å². The Hall–Kier alpha value is -1.62. The van der Waals surface area contributed by atoms with Gasteiger partial charge in [-0.15, -0.1) is 0 Å². The summed E-state index contributed by atoms with van der Waals surface area (Å²) in [4.78, 5) is 24.5. The zero-order chi connectivity index (χ0) is 12.3. The minimum atomic E-state index is -0.364. The van der Waals surface area contributed by atoms with Crippen molar-refractivity contribution in [3.63, 3.8) is 0 Å². The molecule has 1 fully saturated rings. The normalized spacial score (nSPS) is 20.3. The summed E-state index contributed by atoms with van der Waals surface area (Å²) in [7, 11) is 0. The highest BCUT2D eigenvalue weighted by molar-refractivity contribution is 6.05. The van der Waals surface area contributed by atoms with Crippen molar-refractivity contribution in [2.75, 3.05) is 13.1 Å². The summed E-state index contributed by atoms with van der Waals surface area (Å²) in [6.07, 6.45) is 2.61. The zero-order valence-corrected chi connectivity index (χ0v) is 9.81. The van der Waals surface area contributed by atoms with Gasteiger partial charge in [0.2, 0.25) is 11.8 Å².